The topological polar surface area (TPSA) is 20.3 Å². The average molecular weight is 213 g/mol. The van der Waals surface area contributed by atoms with Gasteiger partial charge in [0.25, 0.3) is 5.91 Å². The molecule has 0 bridgehead atoms. The van der Waals surface area contributed by atoms with E-state index in [1.54, 1.807) is 18.2 Å². The number of fused-ring (bicyclic) bond motifs is 1. The summed E-state index contributed by atoms with van der Waals surface area (Å²) in [5, 5.41) is 0. The molecule has 1 aliphatic rings. The fourth-order valence-corrected chi connectivity index (χ4v) is 1.73. The van der Waals surface area contributed by atoms with Gasteiger partial charge in [0.1, 0.15) is 4.99 Å². The number of carbonyl (C=O) groups excluding carboxylic acids is 1. The van der Waals surface area contributed by atoms with Gasteiger partial charge in [-0.05, 0) is 6.07 Å². The monoisotopic (exact) mass is 213 g/mol. The van der Waals surface area contributed by atoms with Crippen LogP contribution >= 0.6 is 12.2 Å². The summed E-state index contributed by atoms with van der Waals surface area (Å²) in [6.45, 7) is -2.87. The molecule has 0 unspecified atom stereocenters. The second-order valence-corrected chi connectivity index (χ2v) is 3.19. The highest BCUT2D eigenvalue weighted by atomic mass is 32.1. The summed E-state index contributed by atoms with van der Waals surface area (Å²) in [6, 6.07) is 6.34. The summed E-state index contributed by atoms with van der Waals surface area (Å²) < 4.78 is 24.8. The minimum atomic E-state index is -2.87. The summed E-state index contributed by atoms with van der Waals surface area (Å²) >= 11 is 4.77. The van der Waals surface area contributed by atoms with E-state index >= 15 is 0 Å². The second-order valence-electron chi connectivity index (χ2n) is 2.80. The quantitative estimate of drug-likeness (QED) is 0.525. The van der Waals surface area contributed by atoms with Crippen molar-refractivity contribution in [2.24, 2.45) is 0 Å². The summed E-state index contributed by atoms with van der Waals surface area (Å²) in [7, 11) is 0. The molecule has 0 fully saturated rings. The van der Waals surface area contributed by atoms with Gasteiger partial charge in [-0.15, -0.1) is 0 Å². The van der Waals surface area contributed by atoms with E-state index in [9.17, 15) is 13.6 Å². The Morgan fingerprint density at radius 3 is 2.29 bits per heavy atom. The molecule has 14 heavy (non-hydrogen) atoms. The number of rotatable bonds is 1. The summed E-state index contributed by atoms with van der Waals surface area (Å²) in [4.78, 5) is 11.6. The van der Waals surface area contributed by atoms with Gasteiger partial charge in [0.05, 0.1) is 5.56 Å². The van der Waals surface area contributed by atoms with Gasteiger partial charge in [0.2, 0.25) is 0 Å². The fourth-order valence-electron chi connectivity index (χ4n) is 1.39. The Balaban J connectivity index is 2.54. The van der Waals surface area contributed by atoms with Crippen molar-refractivity contribution in [3.63, 3.8) is 0 Å². The molecule has 1 aromatic carbocycles. The van der Waals surface area contributed by atoms with Crippen molar-refractivity contribution < 1.29 is 13.6 Å². The van der Waals surface area contributed by atoms with Crippen LogP contribution < -0.4 is 0 Å². The number of hydrogen-bond acceptors (Lipinski definition) is 2. The first-order chi connectivity index (χ1) is 6.63. The van der Waals surface area contributed by atoms with Gasteiger partial charge in [-0.1, -0.05) is 30.4 Å². The van der Waals surface area contributed by atoms with Crippen LogP contribution in [0.2, 0.25) is 0 Å². The first-order valence-corrected chi connectivity index (χ1v) is 4.29. The third-order valence-electron chi connectivity index (χ3n) is 2.02. The van der Waals surface area contributed by atoms with Crippen LogP contribution in [-0.2, 0) is 0 Å². The van der Waals surface area contributed by atoms with Crippen LogP contribution in [0.4, 0.5) is 8.78 Å². The molecule has 72 valence electrons. The largest absolute Gasteiger partial charge is 0.322 e. The number of nitrogens with zero attached hydrogens (tertiary/aromatic N) is 1. The van der Waals surface area contributed by atoms with Crippen LogP contribution in [0.25, 0.3) is 0 Å². The SMILES string of the molecule is O=C1c2ccccc2C(=S)N1C(F)F. The Morgan fingerprint density at radius 2 is 1.79 bits per heavy atom. The van der Waals surface area contributed by atoms with Gasteiger partial charge in [0.15, 0.2) is 0 Å². The molecule has 0 saturated carbocycles. The molecule has 0 spiro atoms. The molecule has 0 N–H and O–H groups in total. The maximum atomic E-state index is 12.4. The third-order valence-corrected chi connectivity index (χ3v) is 2.44. The van der Waals surface area contributed by atoms with Gasteiger partial charge < -0.3 is 0 Å². The molecule has 0 radical (unpaired) electrons. The van der Waals surface area contributed by atoms with E-state index in [0.717, 1.165) is 0 Å². The summed E-state index contributed by atoms with van der Waals surface area (Å²) in [5.41, 5.74) is 0.658. The molecule has 1 aliphatic heterocycles. The average Bonchev–Trinajstić information content (AvgIpc) is 2.41. The van der Waals surface area contributed by atoms with Crippen LogP contribution in [0, 0.1) is 0 Å². The Labute approximate surface area is 84.1 Å². The van der Waals surface area contributed by atoms with Crippen molar-refractivity contribution in [2.45, 2.75) is 6.55 Å². The number of thiocarbonyl (C=S) groups is 1. The zero-order valence-electron chi connectivity index (χ0n) is 6.91. The number of hydrogen-bond donors (Lipinski definition) is 0. The van der Waals surface area contributed by atoms with Crippen LogP contribution in [0.5, 0.6) is 0 Å². The van der Waals surface area contributed by atoms with Gasteiger partial charge in [0, 0.05) is 5.56 Å². The maximum absolute atomic E-state index is 12.4. The van der Waals surface area contributed by atoms with Crippen molar-refractivity contribution in [3.8, 4) is 0 Å². The van der Waals surface area contributed by atoms with Crippen molar-refractivity contribution in [1.82, 2.24) is 4.90 Å². The van der Waals surface area contributed by atoms with Crippen LogP contribution in [0.3, 0.4) is 0 Å². The molecule has 5 heteroatoms. The molecule has 0 atom stereocenters. The second kappa shape index (κ2) is 3.09. The third kappa shape index (κ3) is 1.13. The number of halogens is 2. The Morgan fingerprint density at radius 1 is 1.21 bits per heavy atom. The smallest absolute Gasteiger partial charge is 0.268 e. The van der Waals surface area contributed by atoms with Crippen molar-refractivity contribution in [2.75, 3.05) is 0 Å². The fraction of sp³-hybridized carbons (Fsp3) is 0.111. The first kappa shape index (κ1) is 9.21. The number of benzene rings is 1. The lowest BCUT2D eigenvalue weighted by atomic mass is 10.1. The van der Waals surface area contributed by atoms with E-state index in [4.69, 9.17) is 12.2 Å². The molecule has 1 heterocycles. The predicted octanol–water partition coefficient (Wildman–Crippen LogP) is 2.04. The zero-order valence-corrected chi connectivity index (χ0v) is 7.72. The number of carbonyl (C=O) groups is 1. The standard InChI is InChI=1S/C9H5F2NOS/c10-9(11)12-7(13)5-3-1-2-4-6(5)8(12)14/h1-4,9H. The highest BCUT2D eigenvalue weighted by Gasteiger charge is 2.37. The van der Waals surface area contributed by atoms with Crippen molar-refractivity contribution >= 4 is 23.1 Å². The van der Waals surface area contributed by atoms with E-state index in [1.807, 2.05) is 0 Å². The van der Waals surface area contributed by atoms with E-state index in [-0.39, 0.29) is 10.6 Å². The predicted molar refractivity (Wildman–Crippen MR) is 50.3 cm³/mol. The van der Waals surface area contributed by atoms with Gasteiger partial charge in [-0.25, -0.2) is 4.90 Å². The molecule has 0 saturated heterocycles. The van der Waals surface area contributed by atoms with E-state index < -0.39 is 12.5 Å². The van der Waals surface area contributed by atoms with Gasteiger partial charge in [-0.2, -0.15) is 8.78 Å². The highest BCUT2D eigenvalue weighted by Crippen LogP contribution is 2.25. The number of alkyl halides is 2. The Kier molecular flexibility index (Phi) is 2.03. The van der Waals surface area contributed by atoms with Crippen LogP contribution in [-0.4, -0.2) is 22.3 Å². The number of amides is 1. The van der Waals surface area contributed by atoms with Crippen molar-refractivity contribution in [1.29, 1.82) is 0 Å². The first-order valence-electron chi connectivity index (χ1n) is 3.88. The summed E-state index contributed by atoms with van der Waals surface area (Å²) in [6.07, 6.45) is 0. The van der Waals surface area contributed by atoms with E-state index in [1.165, 1.54) is 6.07 Å². The van der Waals surface area contributed by atoms with Gasteiger partial charge >= 0.3 is 6.55 Å². The molecule has 2 rings (SSSR count). The van der Waals surface area contributed by atoms with Crippen LogP contribution in [0.1, 0.15) is 15.9 Å². The normalized spacial score (nSPS) is 15.2. The lowest BCUT2D eigenvalue weighted by molar-refractivity contribution is 0.0233. The molecular formula is C9H5F2NOS. The van der Waals surface area contributed by atoms with Crippen LogP contribution in [0.15, 0.2) is 24.3 Å². The Hall–Kier alpha value is -1.36. The molecular weight excluding hydrogens is 208 g/mol. The minimum Gasteiger partial charge on any atom is -0.268 e. The molecule has 0 aromatic heterocycles. The van der Waals surface area contributed by atoms with Crippen molar-refractivity contribution in [3.05, 3.63) is 35.4 Å². The lowest BCUT2D eigenvalue weighted by Gasteiger charge is -2.13. The van der Waals surface area contributed by atoms with E-state index in [2.05, 4.69) is 0 Å². The molecule has 0 aliphatic carbocycles. The molecule has 2 nitrogen and oxygen atoms in total. The molecule has 1 aromatic rings. The summed E-state index contributed by atoms with van der Waals surface area (Å²) in [5.74, 6) is -0.722. The van der Waals surface area contributed by atoms with Gasteiger partial charge in [-0.3, -0.25) is 4.79 Å². The Bertz CT molecular complexity index is 384. The molecule has 1 amide bonds. The zero-order chi connectivity index (χ0) is 10.3. The minimum absolute atomic E-state index is 0.0967. The maximum Gasteiger partial charge on any atom is 0.322 e. The van der Waals surface area contributed by atoms with E-state index in [0.29, 0.717) is 10.5 Å². The highest BCUT2D eigenvalue weighted by molar-refractivity contribution is 7.80. The lowest BCUT2D eigenvalue weighted by Crippen LogP contribution is -2.33.